The van der Waals surface area contributed by atoms with Gasteiger partial charge in [-0.05, 0) is 18.8 Å². The van der Waals surface area contributed by atoms with Gasteiger partial charge in [0.05, 0.1) is 0 Å². The van der Waals surface area contributed by atoms with Crippen molar-refractivity contribution in [1.29, 1.82) is 0 Å². The first-order chi connectivity index (χ1) is 5.29. The molecule has 1 aliphatic carbocycles. The fourth-order valence-corrected chi connectivity index (χ4v) is 1.18. The SMILES string of the molecule is Cn1cnnc1C(O)C1CC1. The van der Waals surface area contributed by atoms with Gasteiger partial charge in [-0.15, -0.1) is 10.2 Å². The molecule has 1 N–H and O–H groups in total. The van der Waals surface area contributed by atoms with Crippen LogP contribution in [0.4, 0.5) is 0 Å². The number of hydrogen-bond acceptors (Lipinski definition) is 3. The lowest BCUT2D eigenvalue weighted by atomic mass is 10.2. The third kappa shape index (κ3) is 1.14. The standard InChI is InChI=1S/C7H11N3O/c1-10-4-8-9-7(10)6(11)5-2-3-5/h4-6,11H,2-3H2,1H3. The van der Waals surface area contributed by atoms with Gasteiger partial charge in [0.2, 0.25) is 0 Å². The molecule has 1 fully saturated rings. The topological polar surface area (TPSA) is 50.9 Å². The summed E-state index contributed by atoms with van der Waals surface area (Å²) in [6.45, 7) is 0. The molecule has 1 atom stereocenters. The van der Waals surface area contributed by atoms with E-state index in [0.717, 1.165) is 12.8 Å². The third-order valence-electron chi connectivity index (χ3n) is 2.08. The maximum absolute atomic E-state index is 9.61. The molecule has 0 aromatic carbocycles. The molecular weight excluding hydrogens is 142 g/mol. The van der Waals surface area contributed by atoms with Crippen molar-refractivity contribution < 1.29 is 5.11 Å². The maximum atomic E-state index is 9.61. The number of aryl methyl sites for hydroxylation is 1. The minimum atomic E-state index is -0.400. The van der Waals surface area contributed by atoms with Gasteiger partial charge in [-0.3, -0.25) is 0 Å². The molecule has 0 bridgehead atoms. The van der Waals surface area contributed by atoms with Crippen LogP contribution in [0.25, 0.3) is 0 Å². The highest BCUT2D eigenvalue weighted by Crippen LogP contribution is 2.39. The van der Waals surface area contributed by atoms with E-state index in [1.165, 1.54) is 0 Å². The molecule has 1 aromatic heterocycles. The summed E-state index contributed by atoms with van der Waals surface area (Å²) in [6.07, 6.45) is 3.45. The summed E-state index contributed by atoms with van der Waals surface area (Å²) in [6, 6.07) is 0. The zero-order chi connectivity index (χ0) is 7.84. The molecule has 1 unspecified atom stereocenters. The number of aliphatic hydroxyl groups excluding tert-OH is 1. The summed E-state index contributed by atoms with van der Waals surface area (Å²) in [4.78, 5) is 0. The summed E-state index contributed by atoms with van der Waals surface area (Å²) in [5.74, 6) is 1.12. The van der Waals surface area contributed by atoms with Crippen molar-refractivity contribution in [1.82, 2.24) is 14.8 Å². The highest BCUT2D eigenvalue weighted by atomic mass is 16.3. The molecule has 1 heterocycles. The second-order valence-electron chi connectivity index (χ2n) is 3.08. The second kappa shape index (κ2) is 2.30. The molecule has 0 amide bonds. The molecule has 0 spiro atoms. The first-order valence-corrected chi connectivity index (χ1v) is 3.81. The Morgan fingerprint density at radius 3 is 2.91 bits per heavy atom. The van der Waals surface area contributed by atoms with E-state index in [1.807, 2.05) is 7.05 Å². The van der Waals surface area contributed by atoms with Gasteiger partial charge in [0, 0.05) is 7.05 Å². The maximum Gasteiger partial charge on any atom is 0.161 e. The molecule has 1 aliphatic rings. The highest BCUT2D eigenvalue weighted by molar-refractivity contribution is 4.97. The highest BCUT2D eigenvalue weighted by Gasteiger charge is 2.33. The molecule has 1 saturated carbocycles. The van der Waals surface area contributed by atoms with E-state index in [-0.39, 0.29) is 0 Å². The largest absolute Gasteiger partial charge is 0.385 e. The van der Waals surface area contributed by atoms with E-state index in [9.17, 15) is 5.11 Å². The van der Waals surface area contributed by atoms with Gasteiger partial charge in [-0.25, -0.2) is 0 Å². The van der Waals surface area contributed by atoms with Gasteiger partial charge in [-0.2, -0.15) is 0 Å². The fourth-order valence-electron chi connectivity index (χ4n) is 1.18. The quantitative estimate of drug-likeness (QED) is 0.663. The first kappa shape index (κ1) is 6.79. The lowest BCUT2D eigenvalue weighted by molar-refractivity contribution is 0.140. The molecule has 4 nitrogen and oxygen atoms in total. The predicted molar refractivity (Wildman–Crippen MR) is 38.7 cm³/mol. The molecule has 1 aromatic rings. The van der Waals surface area contributed by atoms with Crippen LogP contribution in [0.15, 0.2) is 6.33 Å². The Bertz CT molecular complexity index is 254. The van der Waals surface area contributed by atoms with E-state index >= 15 is 0 Å². The lowest BCUT2D eigenvalue weighted by Gasteiger charge is -2.06. The van der Waals surface area contributed by atoms with Crippen LogP contribution in [0.5, 0.6) is 0 Å². The molecule has 4 heteroatoms. The molecule has 0 aliphatic heterocycles. The van der Waals surface area contributed by atoms with Crippen molar-refractivity contribution in [2.24, 2.45) is 13.0 Å². The van der Waals surface area contributed by atoms with E-state index in [0.29, 0.717) is 11.7 Å². The van der Waals surface area contributed by atoms with E-state index in [4.69, 9.17) is 0 Å². The van der Waals surface area contributed by atoms with Gasteiger partial charge < -0.3 is 9.67 Å². The molecule has 2 rings (SSSR count). The van der Waals surface area contributed by atoms with Crippen LogP contribution < -0.4 is 0 Å². The van der Waals surface area contributed by atoms with Gasteiger partial charge in [0.25, 0.3) is 0 Å². The van der Waals surface area contributed by atoms with Crippen molar-refractivity contribution >= 4 is 0 Å². The van der Waals surface area contributed by atoms with Gasteiger partial charge in [0.1, 0.15) is 12.4 Å². The van der Waals surface area contributed by atoms with Crippen molar-refractivity contribution in [3.05, 3.63) is 12.2 Å². The van der Waals surface area contributed by atoms with Crippen LogP contribution in [-0.4, -0.2) is 19.9 Å². The fraction of sp³-hybridized carbons (Fsp3) is 0.714. The van der Waals surface area contributed by atoms with Crippen LogP contribution in [0.3, 0.4) is 0 Å². The average molecular weight is 153 g/mol. The number of rotatable bonds is 2. The van der Waals surface area contributed by atoms with Crippen LogP contribution >= 0.6 is 0 Å². The van der Waals surface area contributed by atoms with Crippen LogP contribution in [0.1, 0.15) is 24.8 Å². The number of aromatic nitrogens is 3. The number of hydrogen-bond donors (Lipinski definition) is 1. The zero-order valence-electron chi connectivity index (χ0n) is 6.44. The van der Waals surface area contributed by atoms with Crippen LogP contribution in [-0.2, 0) is 7.05 Å². The van der Waals surface area contributed by atoms with E-state index in [2.05, 4.69) is 10.2 Å². The monoisotopic (exact) mass is 153 g/mol. The van der Waals surface area contributed by atoms with Gasteiger partial charge in [0.15, 0.2) is 5.82 Å². The Morgan fingerprint density at radius 1 is 1.73 bits per heavy atom. The molecular formula is C7H11N3O. The summed E-state index contributed by atoms with van der Waals surface area (Å²) < 4.78 is 1.77. The minimum absolute atomic E-state index is 0.400. The summed E-state index contributed by atoms with van der Waals surface area (Å²) in [5, 5.41) is 17.2. The summed E-state index contributed by atoms with van der Waals surface area (Å²) in [5.41, 5.74) is 0. The normalized spacial score (nSPS) is 20.2. The Labute approximate surface area is 64.9 Å². The Morgan fingerprint density at radius 2 is 2.45 bits per heavy atom. The van der Waals surface area contributed by atoms with Crippen LogP contribution in [0.2, 0.25) is 0 Å². The Kier molecular flexibility index (Phi) is 1.42. The Hall–Kier alpha value is -0.900. The third-order valence-corrected chi connectivity index (χ3v) is 2.08. The summed E-state index contributed by atoms with van der Waals surface area (Å²) >= 11 is 0. The lowest BCUT2D eigenvalue weighted by Crippen LogP contribution is -2.06. The van der Waals surface area contributed by atoms with Crippen molar-refractivity contribution in [2.75, 3.05) is 0 Å². The second-order valence-corrected chi connectivity index (χ2v) is 3.08. The van der Waals surface area contributed by atoms with E-state index < -0.39 is 6.10 Å². The molecule has 0 saturated heterocycles. The first-order valence-electron chi connectivity index (χ1n) is 3.81. The van der Waals surface area contributed by atoms with Crippen molar-refractivity contribution in [3.63, 3.8) is 0 Å². The summed E-state index contributed by atoms with van der Waals surface area (Å²) in [7, 11) is 1.85. The number of aliphatic hydroxyl groups is 1. The molecule has 60 valence electrons. The van der Waals surface area contributed by atoms with Gasteiger partial charge in [-0.1, -0.05) is 0 Å². The molecule has 0 radical (unpaired) electrons. The zero-order valence-corrected chi connectivity index (χ0v) is 6.44. The predicted octanol–water partition coefficient (Wildman–Crippen LogP) is 0.258. The minimum Gasteiger partial charge on any atom is -0.385 e. The van der Waals surface area contributed by atoms with Crippen LogP contribution in [0, 0.1) is 5.92 Å². The number of nitrogens with zero attached hydrogens (tertiary/aromatic N) is 3. The Balaban J connectivity index is 2.20. The average Bonchev–Trinajstić information content (AvgIpc) is 2.74. The van der Waals surface area contributed by atoms with E-state index in [1.54, 1.807) is 10.9 Å². The molecule has 11 heavy (non-hydrogen) atoms. The smallest absolute Gasteiger partial charge is 0.161 e. The van der Waals surface area contributed by atoms with Gasteiger partial charge >= 0.3 is 0 Å². The van der Waals surface area contributed by atoms with Crippen molar-refractivity contribution in [3.8, 4) is 0 Å². The van der Waals surface area contributed by atoms with Crippen molar-refractivity contribution in [2.45, 2.75) is 18.9 Å².